The van der Waals surface area contributed by atoms with Crippen molar-refractivity contribution in [2.75, 3.05) is 22.9 Å². The smallest absolute Gasteiger partial charge is 0.152 e. The Hall–Kier alpha value is -2.44. The third-order valence-corrected chi connectivity index (χ3v) is 8.21. The van der Waals surface area contributed by atoms with E-state index in [1.165, 1.54) is 43.0 Å². The van der Waals surface area contributed by atoms with Crippen molar-refractivity contribution >= 4 is 56.5 Å². The molecule has 2 aromatic heterocycles. The Labute approximate surface area is 197 Å². The van der Waals surface area contributed by atoms with Gasteiger partial charge in [-0.15, -0.1) is 22.7 Å². The van der Waals surface area contributed by atoms with Gasteiger partial charge in [0.1, 0.15) is 0 Å². The second-order valence-electron chi connectivity index (χ2n) is 9.79. The summed E-state index contributed by atoms with van der Waals surface area (Å²) in [7, 11) is 0. The third kappa shape index (κ3) is 2.78. The van der Waals surface area contributed by atoms with Crippen LogP contribution in [0.2, 0.25) is 0 Å². The Morgan fingerprint density at radius 1 is 0.688 bits per heavy atom. The normalized spacial score (nSPS) is 14.0. The molecule has 164 valence electrons. The summed E-state index contributed by atoms with van der Waals surface area (Å²) in [5.41, 5.74) is 5.24. The van der Waals surface area contributed by atoms with Crippen LogP contribution in [0, 0.1) is 25.7 Å². The van der Waals surface area contributed by atoms with Gasteiger partial charge in [0.2, 0.25) is 0 Å². The monoisotopic (exact) mass is 460 g/mol. The van der Waals surface area contributed by atoms with Gasteiger partial charge in [0.25, 0.3) is 0 Å². The minimum absolute atomic E-state index is 0.547. The molecule has 0 saturated carbocycles. The number of nitrogens with zero attached hydrogens (tertiary/aromatic N) is 4. The number of hydrogen-bond donors (Lipinski definition) is 0. The maximum atomic E-state index is 4.97. The van der Waals surface area contributed by atoms with Crippen molar-refractivity contribution in [3.8, 4) is 20.9 Å². The zero-order valence-corrected chi connectivity index (χ0v) is 21.1. The number of benzene rings is 2. The molecule has 0 atom stereocenters. The Morgan fingerprint density at radius 2 is 1.09 bits per heavy atom. The number of aromatic nitrogens is 2. The first-order chi connectivity index (χ1) is 15.3. The van der Waals surface area contributed by atoms with Gasteiger partial charge in [0.05, 0.1) is 31.1 Å². The average molecular weight is 461 g/mol. The molecule has 0 N–H and O–H groups in total. The van der Waals surface area contributed by atoms with Crippen LogP contribution in [0.4, 0.5) is 23.0 Å². The van der Waals surface area contributed by atoms with Gasteiger partial charge in [-0.2, -0.15) is 0 Å². The lowest BCUT2D eigenvalue weighted by molar-refractivity contribution is 0.648. The minimum atomic E-state index is 0.547. The molecule has 0 bridgehead atoms. The van der Waals surface area contributed by atoms with Crippen LogP contribution in [0.1, 0.15) is 37.7 Å². The summed E-state index contributed by atoms with van der Waals surface area (Å²) in [5.74, 6) is 3.35. The highest BCUT2D eigenvalue weighted by Crippen LogP contribution is 2.57. The maximum Gasteiger partial charge on any atom is 0.152 e. The summed E-state index contributed by atoms with van der Waals surface area (Å²) in [4.78, 5) is 17.5. The summed E-state index contributed by atoms with van der Waals surface area (Å²) < 4.78 is 0. The van der Waals surface area contributed by atoms with Gasteiger partial charge < -0.3 is 9.80 Å². The maximum absolute atomic E-state index is 4.97. The highest BCUT2D eigenvalue weighted by molar-refractivity contribution is 7.16. The van der Waals surface area contributed by atoms with Crippen molar-refractivity contribution in [2.45, 2.75) is 41.5 Å². The SMILES string of the molecule is Cc1nc2c(s1)-c1ccc3c4c(ccc(c14)N2CC(C)C)-c1sc(C)nc1N3CC(C)C. The van der Waals surface area contributed by atoms with Gasteiger partial charge in [0.15, 0.2) is 11.6 Å². The lowest BCUT2D eigenvalue weighted by Crippen LogP contribution is -2.27. The Kier molecular flexibility index (Phi) is 4.43. The molecule has 0 fully saturated rings. The molecule has 0 aliphatic carbocycles. The fourth-order valence-corrected chi connectivity index (χ4v) is 7.07. The quantitative estimate of drug-likeness (QED) is 0.310. The van der Waals surface area contributed by atoms with E-state index in [0.29, 0.717) is 11.8 Å². The van der Waals surface area contributed by atoms with Crippen molar-refractivity contribution in [2.24, 2.45) is 11.8 Å². The van der Waals surface area contributed by atoms with E-state index in [2.05, 4.69) is 75.6 Å². The summed E-state index contributed by atoms with van der Waals surface area (Å²) in [5, 5.41) is 5.01. The fraction of sp³-hybridized carbons (Fsp3) is 0.385. The van der Waals surface area contributed by atoms with E-state index in [1.54, 1.807) is 0 Å². The van der Waals surface area contributed by atoms with E-state index < -0.39 is 0 Å². The average Bonchev–Trinajstić information content (AvgIpc) is 3.31. The summed E-state index contributed by atoms with van der Waals surface area (Å²) in [6, 6.07) is 9.29. The molecule has 4 heterocycles. The molecule has 0 amide bonds. The van der Waals surface area contributed by atoms with Crippen LogP contribution >= 0.6 is 22.7 Å². The van der Waals surface area contributed by atoms with Crippen LogP contribution in [-0.2, 0) is 0 Å². The highest BCUT2D eigenvalue weighted by atomic mass is 32.1. The van der Waals surface area contributed by atoms with E-state index in [-0.39, 0.29) is 0 Å². The second kappa shape index (κ2) is 7.03. The summed E-state index contributed by atoms with van der Waals surface area (Å²) in [6.45, 7) is 15.3. The summed E-state index contributed by atoms with van der Waals surface area (Å²) in [6.07, 6.45) is 0. The van der Waals surface area contributed by atoms with Gasteiger partial charge in [-0.25, -0.2) is 9.97 Å². The van der Waals surface area contributed by atoms with E-state index in [4.69, 9.17) is 9.97 Å². The topological polar surface area (TPSA) is 32.3 Å². The molecule has 6 heteroatoms. The molecule has 0 unspecified atom stereocenters. The predicted molar refractivity (Wildman–Crippen MR) is 139 cm³/mol. The number of thiazole rings is 2. The molecule has 4 nitrogen and oxygen atoms in total. The van der Waals surface area contributed by atoms with Crippen LogP contribution in [0.3, 0.4) is 0 Å². The molecule has 0 radical (unpaired) electrons. The first kappa shape index (κ1) is 20.2. The molecular formula is C26H28N4S2. The fourth-order valence-electron chi connectivity index (χ4n) is 5.16. The van der Waals surface area contributed by atoms with Crippen LogP contribution in [-0.4, -0.2) is 23.1 Å². The lowest BCUT2D eigenvalue weighted by Gasteiger charge is -2.36. The van der Waals surface area contributed by atoms with Gasteiger partial charge >= 0.3 is 0 Å². The third-order valence-electron chi connectivity index (χ3n) is 6.23. The molecule has 2 aliphatic heterocycles. The van der Waals surface area contributed by atoms with Crippen LogP contribution < -0.4 is 9.80 Å². The van der Waals surface area contributed by atoms with Crippen LogP contribution in [0.25, 0.3) is 31.7 Å². The Balaban J connectivity index is 1.72. The lowest BCUT2D eigenvalue weighted by atomic mass is 9.90. The molecule has 32 heavy (non-hydrogen) atoms. The summed E-state index contributed by atoms with van der Waals surface area (Å²) >= 11 is 3.64. The molecule has 0 spiro atoms. The van der Waals surface area contributed by atoms with Crippen molar-refractivity contribution in [1.29, 1.82) is 0 Å². The number of hydrogen-bond acceptors (Lipinski definition) is 6. The van der Waals surface area contributed by atoms with E-state index in [9.17, 15) is 0 Å². The first-order valence-electron chi connectivity index (χ1n) is 11.4. The van der Waals surface area contributed by atoms with Gasteiger partial charge in [0, 0.05) is 35.0 Å². The van der Waals surface area contributed by atoms with Gasteiger partial charge in [-0.3, -0.25) is 0 Å². The minimum Gasteiger partial charge on any atom is -0.324 e. The predicted octanol–water partition coefficient (Wildman–Crippen LogP) is 7.92. The number of anilines is 4. The second-order valence-corrected chi connectivity index (χ2v) is 12.2. The number of fused-ring (bicyclic) bond motifs is 4. The zero-order valence-electron chi connectivity index (χ0n) is 19.5. The first-order valence-corrected chi connectivity index (χ1v) is 13.1. The van der Waals surface area contributed by atoms with Crippen molar-refractivity contribution in [3.05, 3.63) is 34.3 Å². The zero-order chi connectivity index (χ0) is 22.3. The standard InChI is InChI=1S/C26H28N4S2/c1-13(2)11-29-19-9-7-18-22-20(30(12-14(3)4)26-24(18)32-16(6)28-26)10-8-17(21(19)22)23-25(29)27-15(5)31-23/h7-10,13-14H,11-12H2,1-6H3. The van der Waals surface area contributed by atoms with E-state index in [1.807, 2.05) is 22.7 Å². The molecule has 6 rings (SSSR count). The molecule has 0 saturated heterocycles. The van der Waals surface area contributed by atoms with Gasteiger partial charge in [-0.05, 0) is 37.8 Å². The van der Waals surface area contributed by atoms with Gasteiger partial charge in [-0.1, -0.05) is 39.8 Å². The Morgan fingerprint density at radius 3 is 1.47 bits per heavy atom. The highest BCUT2D eigenvalue weighted by Gasteiger charge is 2.35. The van der Waals surface area contributed by atoms with Crippen molar-refractivity contribution in [3.63, 3.8) is 0 Å². The molecular weight excluding hydrogens is 432 g/mol. The van der Waals surface area contributed by atoms with Crippen molar-refractivity contribution in [1.82, 2.24) is 9.97 Å². The number of aryl methyl sites for hydroxylation is 2. The largest absolute Gasteiger partial charge is 0.324 e. The van der Waals surface area contributed by atoms with Crippen molar-refractivity contribution < 1.29 is 0 Å². The molecule has 2 aliphatic rings. The molecule has 4 aromatic rings. The van der Waals surface area contributed by atoms with E-state index >= 15 is 0 Å². The van der Waals surface area contributed by atoms with Crippen LogP contribution in [0.5, 0.6) is 0 Å². The molecule has 2 aromatic carbocycles. The Bertz CT molecular complexity index is 1270. The van der Waals surface area contributed by atoms with E-state index in [0.717, 1.165) is 34.7 Å². The van der Waals surface area contributed by atoms with Crippen LogP contribution in [0.15, 0.2) is 24.3 Å². The number of rotatable bonds is 4.